The standard InChI is InChI=1S/C49H50O23/c1-63-29-13-21(14-30(64-2)39(29)55)5-11-35(53)69-28-18-27-37(25(52)17-26(68-27)23-7-9-24(51)10-8-23)43(59)38(28)47-46(62)44(60)42(58)34(70-47)20-67-49-48(45(61)41(57)33(19-50)71-49)72-36(54)12-6-22-15-31(65-3)40(56)32(16-22)66-4/h5-18,33-34,41-42,44-51,55-62H,19-20H2,1-4H3/t33-,34-,41-,42-,44+,45+,46-,47+,48-,49-/m1/s1. The zero-order valence-corrected chi connectivity index (χ0v) is 38.5. The third-order valence-electron chi connectivity index (χ3n) is 11.7. The maximum atomic E-state index is 13.8. The lowest BCUT2D eigenvalue weighted by atomic mass is 9.89. The quantitative estimate of drug-likeness (QED) is 0.0381. The molecule has 7 rings (SSSR count). The van der Waals surface area contributed by atoms with Gasteiger partial charge in [0.05, 0.1) is 47.2 Å². The van der Waals surface area contributed by atoms with Gasteiger partial charge in [0.2, 0.25) is 11.5 Å². The number of carbonyl (C=O) groups excluding carboxylic acids is 2. The molecule has 23 heteroatoms. The third kappa shape index (κ3) is 10.9. The van der Waals surface area contributed by atoms with Gasteiger partial charge in [-0.25, -0.2) is 9.59 Å². The van der Waals surface area contributed by atoms with Crippen LogP contribution >= 0.6 is 0 Å². The minimum atomic E-state index is -2.14. The maximum absolute atomic E-state index is 13.8. The van der Waals surface area contributed by atoms with Crippen molar-refractivity contribution in [1.29, 1.82) is 0 Å². The molecule has 2 fully saturated rings. The number of fused-ring (bicyclic) bond motifs is 1. The summed E-state index contributed by atoms with van der Waals surface area (Å²) in [4.78, 5) is 40.5. The number of hydrogen-bond donors (Lipinski definition) is 10. The Kier molecular flexibility index (Phi) is 16.2. The molecule has 0 bridgehead atoms. The van der Waals surface area contributed by atoms with Crippen LogP contribution in [-0.4, -0.2) is 160 Å². The van der Waals surface area contributed by atoms with Crippen molar-refractivity contribution >= 4 is 35.1 Å². The molecule has 0 saturated carbocycles. The third-order valence-corrected chi connectivity index (χ3v) is 11.7. The van der Waals surface area contributed by atoms with Gasteiger partial charge < -0.3 is 98.1 Å². The predicted octanol–water partition coefficient (Wildman–Crippen LogP) is 1.54. The van der Waals surface area contributed by atoms with Crippen molar-refractivity contribution in [2.45, 2.75) is 61.2 Å². The molecule has 0 aliphatic carbocycles. The molecular formula is C49H50O23. The van der Waals surface area contributed by atoms with E-state index in [9.17, 15) is 65.4 Å². The summed E-state index contributed by atoms with van der Waals surface area (Å²) in [6, 6.07) is 13.1. The number of rotatable bonds is 16. The monoisotopic (exact) mass is 1010 g/mol. The molecule has 72 heavy (non-hydrogen) atoms. The van der Waals surface area contributed by atoms with Crippen LogP contribution in [0, 0.1) is 0 Å². The minimum Gasteiger partial charge on any atom is -0.508 e. The fraction of sp³-hybridized carbons (Fsp3) is 0.327. The van der Waals surface area contributed by atoms with Crippen LogP contribution in [0.15, 0.2) is 82.0 Å². The van der Waals surface area contributed by atoms with E-state index < -0.39 is 114 Å². The van der Waals surface area contributed by atoms with Crippen molar-refractivity contribution in [3.05, 3.63) is 99.7 Å². The number of aliphatic hydroxyl groups is 6. The Hall–Kier alpha value is -7.45. The molecule has 384 valence electrons. The second-order valence-electron chi connectivity index (χ2n) is 16.2. The Morgan fingerprint density at radius 1 is 0.625 bits per heavy atom. The lowest BCUT2D eigenvalue weighted by molar-refractivity contribution is -0.316. The van der Waals surface area contributed by atoms with Crippen molar-refractivity contribution in [1.82, 2.24) is 0 Å². The van der Waals surface area contributed by atoms with E-state index in [2.05, 4.69) is 0 Å². The van der Waals surface area contributed by atoms with Crippen molar-refractivity contribution in [2.24, 2.45) is 0 Å². The first-order valence-electron chi connectivity index (χ1n) is 21.7. The molecule has 10 atom stereocenters. The number of benzene rings is 4. The second-order valence-corrected chi connectivity index (χ2v) is 16.2. The molecule has 0 unspecified atom stereocenters. The van der Waals surface area contributed by atoms with Gasteiger partial charge in [-0.15, -0.1) is 0 Å². The number of ether oxygens (including phenoxy) is 9. The summed E-state index contributed by atoms with van der Waals surface area (Å²) in [7, 11) is 5.17. The number of phenols is 4. The fourth-order valence-electron chi connectivity index (χ4n) is 7.92. The van der Waals surface area contributed by atoms with Crippen LogP contribution in [0.1, 0.15) is 22.8 Å². The van der Waals surface area contributed by atoms with Crippen LogP contribution in [0.5, 0.6) is 51.7 Å². The predicted molar refractivity (Wildman–Crippen MR) is 247 cm³/mol. The number of phenolic OH excluding ortho intramolecular Hbond substituents is 4. The summed E-state index contributed by atoms with van der Waals surface area (Å²) in [5.41, 5.74) is -0.877. The van der Waals surface area contributed by atoms with Gasteiger partial charge in [-0.2, -0.15) is 0 Å². The van der Waals surface area contributed by atoms with Gasteiger partial charge in [-0.1, -0.05) is 0 Å². The number of aliphatic hydroxyl groups excluding tert-OH is 6. The van der Waals surface area contributed by atoms with Crippen LogP contribution in [0.25, 0.3) is 34.4 Å². The van der Waals surface area contributed by atoms with Gasteiger partial charge >= 0.3 is 11.9 Å². The molecule has 0 spiro atoms. The molecule has 0 amide bonds. The first kappa shape index (κ1) is 52.4. The van der Waals surface area contributed by atoms with Gasteiger partial charge in [-0.3, -0.25) is 4.79 Å². The van der Waals surface area contributed by atoms with Crippen LogP contribution in [0.2, 0.25) is 0 Å². The lowest BCUT2D eigenvalue weighted by Gasteiger charge is -2.43. The van der Waals surface area contributed by atoms with Crippen LogP contribution in [0.3, 0.4) is 0 Å². The summed E-state index contributed by atoms with van der Waals surface area (Å²) >= 11 is 0. The van der Waals surface area contributed by atoms with E-state index >= 15 is 0 Å². The molecule has 5 aromatic rings. The number of carbonyl (C=O) groups is 2. The van der Waals surface area contributed by atoms with E-state index in [1.54, 1.807) is 0 Å². The summed E-state index contributed by atoms with van der Waals surface area (Å²) < 4.78 is 55.3. The molecule has 4 aromatic carbocycles. The summed E-state index contributed by atoms with van der Waals surface area (Å²) in [5, 5.41) is 108. The number of esters is 2. The number of hydrogen-bond acceptors (Lipinski definition) is 23. The Morgan fingerprint density at radius 3 is 1.71 bits per heavy atom. The van der Waals surface area contributed by atoms with Gasteiger partial charge in [0.1, 0.15) is 82.8 Å². The van der Waals surface area contributed by atoms with E-state index in [0.29, 0.717) is 11.1 Å². The van der Waals surface area contributed by atoms with Crippen molar-refractivity contribution in [3.8, 4) is 63.1 Å². The smallest absolute Gasteiger partial charge is 0.336 e. The molecule has 10 N–H and O–H groups in total. The lowest BCUT2D eigenvalue weighted by Crippen LogP contribution is -2.61. The van der Waals surface area contributed by atoms with Gasteiger partial charge in [0, 0.05) is 29.8 Å². The van der Waals surface area contributed by atoms with Crippen molar-refractivity contribution < 1.29 is 108 Å². The average Bonchev–Trinajstić information content (AvgIpc) is 3.36. The highest BCUT2D eigenvalue weighted by Gasteiger charge is 2.50. The van der Waals surface area contributed by atoms with Crippen LogP contribution in [0.4, 0.5) is 0 Å². The van der Waals surface area contributed by atoms with E-state index in [1.807, 2.05) is 0 Å². The van der Waals surface area contributed by atoms with Crippen LogP contribution in [-0.2, 0) is 28.5 Å². The Balaban J connectivity index is 1.20. The van der Waals surface area contributed by atoms with Crippen molar-refractivity contribution in [3.63, 3.8) is 0 Å². The van der Waals surface area contributed by atoms with Gasteiger partial charge in [0.25, 0.3) is 0 Å². The molecule has 2 aliphatic rings. The normalized spacial score (nSPS) is 24.3. The van der Waals surface area contributed by atoms with Crippen molar-refractivity contribution in [2.75, 3.05) is 41.7 Å². The largest absolute Gasteiger partial charge is 0.508 e. The molecule has 23 nitrogen and oxygen atoms in total. The molecule has 2 aliphatic heterocycles. The zero-order chi connectivity index (χ0) is 52.1. The Morgan fingerprint density at radius 2 is 1.17 bits per heavy atom. The Labute approximate surface area is 407 Å². The van der Waals surface area contributed by atoms with E-state index in [-0.39, 0.29) is 57.2 Å². The minimum absolute atomic E-state index is 0.00214. The molecule has 3 heterocycles. The summed E-state index contributed by atoms with van der Waals surface area (Å²) in [6.45, 7) is -1.70. The second kappa shape index (κ2) is 22.3. The summed E-state index contributed by atoms with van der Waals surface area (Å²) in [5.74, 6) is -4.50. The van der Waals surface area contributed by atoms with E-state index in [0.717, 1.165) is 24.3 Å². The fourth-order valence-corrected chi connectivity index (χ4v) is 7.92. The SMILES string of the molecule is COc1cc(C=CC(=O)Oc2cc3oc(-c4ccc(O)cc4)cc(=O)c3c(O)c2[C@@H]2O[C@H](CO[C@@H]3O[C@H](CO)[C@@H](O)[C@H](O)[C@H]3OC(=O)C=Cc3cc(OC)c(O)c(OC)c3)[C@@H](O)[C@H](O)[C@H]2O)cc(OC)c1O. The van der Waals surface area contributed by atoms with Gasteiger partial charge in [0.15, 0.2) is 40.8 Å². The molecule has 2 saturated heterocycles. The van der Waals surface area contributed by atoms with E-state index in [1.165, 1.54) is 89.1 Å². The average molecular weight is 1010 g/mol. The highest BCUT2D eigenvalue weighted by molar-refractivity contribution is 5.93. The first-order chi connectivity index (χ1) is 34.4. The van der Waals surface area contributed by atoms with Gasteiger partial charge in [-0.05, 0) is 71.8 Å². The Bertz CT molecular complexity index is 2840. The highest BCUT2D eigenvalue weighted by atomic mass is 16.7. The highest BCUT2D eigenvalue weighted by Crippen LogP contribution is 2.46. The molecule has 0 radical (unpaired) electrons. The molecular weight excluding hydrogens is 957 g/mol. The topological polar surface area (TPSA) is 350 Å². The first-order valence-corrected chi connectivity index (χ1v) is 21.7. The molecule has 1 aromatic heterocycles. The van der Waals surface area contributed by atoms with Crippen LogP contribution < -0.4 is 29.1 Å². The maximum Gasteiger partial charge on any atom is 0.336 e. The zero-order valence-electron chi connectivity index (χ0n) is 38.5. The number of methoxy groups -OCH3 is 4. The summed E-state index contributed by atoms with van der Waals surface area (Å²) in [6.07, 6.45) is -14.5. The van der Waals surface area contributed by atoms with E-state index in [4.69, 9.17) is 47.0 Å². The number of aromatic hydroxyl groups is 4.